The molecule has 0 unspecified atom stereocenters. The van der Waals surface area contributed by atoms with Gasteiger partial charge in [-0.25, -0.2) is 4.98 Å². The Balaban J connectivity index is 1.77. The predicted octanol–water partition coefficient (Wildman–Crippen LogP) is 7.43. The fraction of sp³-hybridized carbons (Fsp3) is 0.207. The molecule has 198 valence electrons. The van der Waals surface area contributed by atoms with Crippen LogP contribution in [0, 0.1) is 5.41 Å². The number of fused-ring (bicyclic) bond motifs is 1. The minimum absolute atomic E-state index is 0.0500. The molecule has 1 amide bonds. The molecule has 8 nitrogen and oxygen atoms in total. The molecule has 2 aromatic heterocycles. The van der Waals surface area contributed by atoms with Gasteiger partial charge in [0.2, 0.25) is 17.4 Å². The van der Waals surface area contributed by atoms with Crippen molar-refractivity contribution in [3.05, 3.63) is 76.0 Å². The second-order valence-electron chi connectivity index (χ2n) is 10.0. The summed E-state index contributed by atoms with van der Waals surface area (Å²) in [6.45, 7) is 5.01. The number of carbonyl (C=O) groups is 2. The van der Waals surface area contributed by atoms with Gasteiger partial charge in [0.25, 0.3) is 0 Å². The van der Waals surface area contributed by atoms with Crippen molar-refractivity contribution in [2.45, 2.75) is 20.8 Å². The van der Waals surface area contributed by atoms with E-state index in [1.54, 1.807) is 45.0 Å². The van der Waals surface area contributed by atoms with Crippen LogP contribution in [0.25, 0.3) is 39.2 Å². The van der Waals surface area contributed by atoms with Crippen LogP contribution < -0.4 is 5.32 Å². The molecule has 0 bridgehead atoms. The number of Topliss-reactive ketones (excluding diaryl/α,β-unsaturated/α-hetero) is 1. The van der Waals surface area contributed by atoms with Gasteiger partial charge in [-0.3, -0.25) is 9.59 Å². The summed E-state index contributed by atoms with van der Waals surface area (Å²) in [6, 6.07) is 14.5. The lowest BCUT2D eigenvalue weighted by atomic mass is 9.88. The van der Waals surface area contributed by atoms with Crippen molar-refractivity contribution in [3.8, 4) is 22.4 Å². The predicted molar refractivity (Wildman–Crippen MR) is 152 cm³/mol. The lowest BCUT2D eigenvalue weighted by molar-refractivity contribution is -0.118. The number of nitrogens with one attached hydrogen (secondary N) is 1. The Hall–Kier alpha value is -3.85. The maximum atomic E-state index is 13.3. The van der Waals surface area contributed by atoms with Gasteiger partial charge in [0.05, 0.1) is 28.3 Å². The molecule has 0 fully saturated rings. The van der Waals surface area contributed by atoms with Crippen molar-refractivity contribution in [1.82, 2.24) is 4.98 Å². The third kappa shape index (κ3) is 5.23. The van der Waals surface area contributed by atoms with E-state index < -0.39 is 17.9 Å². The normalized spacial score (nSPS) is 13.1. The lowest BCUT2D eigenvalue weighted by Crippen LogP contribution is -2.22. The topological polar surface area (TPSA) is 117 Å². The maximum absolute atomic E-state index is 13.3. The number of amides is 1. The second kappa shape index (κ2) is 10.4. The summed E-state index contributed by atoms with van der Waals surface area (Å²) in [5, 5.41) is 21.5. The van der Waals surface area contributed by atoms with Gasteiger partial charge in [-0.05, 0) is 35.9 Å². The monoisotopic (exact) mass is 562 g/mol. The lowest BCUT2D eigenvalue weighted by Gasteiger charge is -2.15. The van der Waals surface area contributed by atoms with Gasteiger partial charge in [0.15, 0.2) is 5.76 Å². The first-order valence-electron chi connectivity index (χ1n) is 12.1. The molecule has 3 heterocycles. The van der Waals surface area contributed by atoms with Gasteiger partial charge in [-0.15, -0.1) is 0 Å². The van der Waals surface area contributed by atoms with Crippen molar-refractivity contribution in [2.24, 2.45) is 15.6 Å². The van der Waals surface area contributed by atoms with Gasteiger partial charge >= 0.3 is 0 Å². The van der Waals surface area contributed by atoms with Crippen LogP contribution in [0.4, 0.5) is 5.69 Å². The molecule has 0 saturated carbocycles. The fourth-order valence-corrected chi connectivity index (χ4v) is 4.60. The first-order chi connectivity index (χ1) is 18.6. The Kier molecular flexibility index (Phi) is 7.11. The number of azo groups is 1. The zero-order valence-corrected chi connectivity index (χ0v) is 22.9. The highest BCUT2D eigenvalue weighted by atomic mass is 35.5. The van der Waals surface area contributed by atoms with E-state index in [9.17, 15) is 14.7 Å². The first-order valence-corrected chi connectivity index (χ1v) is 12.9. The number of rotatable bonds is 6. The summed E-state index contributed by atoms with van der Waals surface area (Å²) < 4.78 is 5.99. The number of pyridine rings is 1. The van der Waals surface area contributed by atoms with Gasteiger partial charge in [-0.2, -0.15) is 10.2 Å². The molecule has 0 atom stereocenters. The molecule has 1 aliphatic rings. The number of halogens is 2. The van der Waals surface area contributed by atoms with Gasteiger partial charge in [0.1, 0.15) is 12.3 Å². The molecule has 1 aliphatic heterocycles. The zero-order chi connectivity index (χ0) is 27.9. The van der Waals surface area contributed by atoms with Gasteiger partial charge < -0.3 is 14.8 Å². The van der Waals surface area contributed by atoms with Crippen LogP contribution in [0.2, 0.25) is 10.0 Å². The fourth-order valence-electron chi connectivity index (χ4n) is 4.21. The molecule has 0 saturated heterocycles. The number of hydrogen-bond donors (Lipinski definition) is 2. The van der Waals surface area contributed by atoms with E-state index in [1.807, 2.05) is 30.3 Å². The third-order valence-corrected chi connectivity index (χ3v) is 6.76. The Morgan fingerprint density at radius 1 is 1.03 bits per heavy atom. The van der Waals surface area contributed by atoms with E-state index in [1.165, 1.54) is 0 Å². The molecule has 5 rings (SSSR count). The number of furan rings is 1. The number of hydrogen-bond acceptors (Lipinski definition) is 7. The van der Waals surface area contributed by atoms with Crippen LogP contribution in [0.3, 0.4) is 0 Å². The Morgan fingerprint density at radius 3 is 2.36 bits per heavy atom. The third-order valence-electron chi connectivity index (χ3n) is 6.20. The number of ketones is 1. The van der Waals surface area contributed by atoms with E-state index in [0.29, 0.717) is 38.8 Å². The van der Waals surface area contributed by atoms with Crippen molar-refractivity contribution in [3.63, 3.8) is 0 Å². The molecule has 0 spiro atoms. The number of carbonyl (C=O) groups excluding carboxylic acids is 2. The zero-order valence-electron chi connectivity index (χ0n) is 21.4. The van der Waals surface area contributed by atoms with Crippen LogP contribution in [-0.4, -0.2) is 34.9 Å². The highest BCUT2D eigenvalue weighted by Gasteiger charge is 2.32. The van der Waals surface area contributed by atoms with Crippen LogP contribution in [0.1, 0.15) is 36.9 Å². The van der Waals surface area contributed by atoms with E-state index >= 15 is 0 Å². The van der Waals surface area contributed by atoms with Crippen LogP contribution in [0.15, 0.2) is 69.3 Å². The van der Waals surface area contributed by atoms with Crippen LogP contribution in [-0.2, 0) is 4.79 Å². The molecule has 4 aromatic rings. The van der Waals surface area contributed by atoms with Crippen molar-refractivity contribution >= 4 is 57.4 Å². The summed E-state index contributed by atoms with van der Waals surface area (Å²) in [6.07, 6.45) is 1.91. The molecular weight excluding hydrogens is 539 g/mol. The van der Waals surface area contributed by atoms with Gasteiger partial charge in [-0.1, -0.05) is 68.2 Å². The Labute approximate surface area is 234 Å². The second-order valence-corrected chi connectivity index (χ2v) is 10.9. The molecule has 39 heavy (non-hydrogen) atoms. The van der Waals surface area contributed by atoms with E-state index in [-0.39, 0.29) is 22.9 Å². The summed E-state index contributed by atoms with van der Waals surface area (Å²) >= 11 is 12.9. The molecule has 2 N–H and O–H groups in total. The molecular formula is C29H24Cl2N4O4. The minimum atomic E-state index is -0.806. The highest BCUT2D eigenvalue weighted by molar-refractivity contribution is 6.33. The number of aliphatic hydroxyl groups is 1. The Morgan fingerprint density at radius 2 is 1.74 bits per heavy atom. The molecule has 0 aliphatic carbocycles. The van der Waals surface area contributed by atoms with Crippen LogP contribution in [0.5, 0.6) is 0 Å². The summed E-state index contributed by atoms with van der Waals surface area (Å²) in [7, 11) is 0. The van der Waals surface area contributed by atoms with E-state index in [0.717, 1.165) is 16.8 Å². The SMILES string of the molecule is CC(C)(C)C(=O)c1oc2nc(-c3ccc(C4=CCN=N4)cc3Cl)c(-c3ccc(Cl)cc3)cc2c1NC(=O)CO. The number of benzene rings is 2. The van der Waals surface area contributed by atoms with E-state index in [4.69, 9.17) is 32.6 Å². The average Bonchev–Trinajstić information content (AvgIpc) is 3.56. The maximum Gasteiger partial charge on any atom is 0.250 e. The summed E-state index contributed by atoms with van der Waals surface area (Å²) in [4.78, 5) is 30.3. The number of aromatic nitrogens is 1. The molecule has 10 heteroatoms. The first kappa shape index (κ1) is 26.7. The largest absolute Gasteiger partial charge is 0.432 e. The standard InChI is InChI=1S/C29H24Cl2N4O4/c1-29(2,3)27(38)26-25(33-23(37)14-36)20-13-19(15-4-7-17(30)8-5-15)24(34-28(20)39-26)18-9-6-16(12-21(18)31)22-10-11-32-35-22/h4-10,12-13,36H,11,14H2,1-3H3,(H,33,37). The van der Waals surface area contributed by atoms with E-state index in [2.05, 4.69) is 15.5 Å². The van der Waals surface area contributed by atoms with Crippen molar-refractivity contribution in [1.29, 1.82) is 0 Å². The number of aliphatic hydroxyl groups excluding tert-OH is 1. The molecule has 2 aromatic carbocycles. The average molecular weight is 563 g/mol. The molecule has 0 radical (unpaired) electrons. The van der Waals surface area contributed by atoms with Crippen molar-refractivity contribution in [2.75, 3.05) is 18.5 Å². The van der Waals surface area contributed by atoms with Crippen LogP contribution >= 0.6 is 23.2 Å². The minimum Gasteiger partial charge on any atom is -0.432 e. The quantitative estimate of drug-likeness (QED) is 0.237. The van der Waals surface area contributed by atoms with Crippen molar-refractivity contribution < 1.29 is 19.1 Å². The number of nitrogens with zero attached hydrogens (tertiary/aromatic N) is 3. The van der Waals surface area contributed by atoms with Gasteiger partial charge in [0, 0.05) is 27.1 Å². The smallest absolute Gasteiger partial charge is 0.250 e. The summed E-state index contributed by atoms with van der Waals surface area (Å²) in [5.41, 5.74) is 3.63. The number of anilines is 1. The summed E-state index contributed by atoms with van der Waals surface area (Å²) in [5.74, 6) is -1.06. The highest BCUT2D eigenvalue weighted by Crippen LogP contribution is 2.42. The Bertz CT molecular complexity index is 1680.